The number of hydrogen-bond acceptors (Lipinski definition) is 3. The maximum Gasteiger partial charge on any atom is 0.333 e. The average molecular weight is 281 g/mol. The second-order valence-electron chi connectivity index (χ2n) is 4.95. The first-order valence-electron chi connectivity index (χ1n) is 6.86. The van der Waals surface area contributed by atoms with Crippen molar-refractivity contribution in [1.29, 1.82) is 0 Å². The number of nitrogens with zero attached hydrogens (tertiary/aromatic N) is 1. The Labute approximate surface area is 125 Å². The third-order valence-electron chi connectivity index (χ3n) is 3.59. The van der Waals surface area contributed by atoms with E-state index in [-0.39, 0.29) is 11.9 Å². The average Bonchev–Trinajstić information content (AvgIpc) is 2.53. The highest BCUT2D eigenvalue weighted by Crippen LogP contribution is 2.28. The van der Waals surface area contributed by atoms with Gasteiger partial charge in [-0.1, -0.05) is 43.0 Å². The highest BCUT2D eigenvalue weighted by Gasteiger charge is 2.22. The van der Waals surface area contributed by atoms with Crippen LogP contribution < -0.4 is 0 Å². The number of carbonyl (C=O) groups is 1. The number of carbonyl (C=O) groups excluding carboxylic acids is 1. The van der Waals surface area contributed by atoms with Crippen LogP contribution in [-0.2, 0) is 16.0 Å². The van der Waals surface area contributed by atoms with Crippen LogP contribution in [-0.4, -0.2) is 18.1 Å². The lowest BCUT2D eigenvalue weighted by atomic mass is 9.87. The first-order chi connectivity index (χ1) is 10.1. The molecule has 0 aliphatic heterocycles. The van der Waals surface area contributed by atoms with E-state index >= 15 is 0 Å². The number of ether oxygens (including phenoxy) is 1. The molecular formula is C18H19NO2. The molecule has 1 heterocycles. The van der Waals surface area contributed by atoms with Gasteiger partial charge in [0.2, 0.25) is 0 Å². The van der Waals surface area contributed by atoms with Gasteiger partial charge in [0.25, 0.3) is 0 Å². The third kappa shape index (κ3) is 3.57. The molecule has 1 aromatic carbocycles. The van der Waals surface area contributed by atoms with Gasteiger partial charge in [0.15, 0.2) is 0 Å². The van der Waals surface area contributed by atoms with Gasteiger partial charge in [0.05, 0.1) is 7.11 Å². The quantitative estimate of drug-likeness (QED) is 0.622. The predicted octanol–water partition coefficient (Wildman–Crippen LogP) is 3.45. The summed E-state index contributed by atoms with van der Waals surface area (Å²) in [7, 11) is 1.38. The summed E-state index contributed by atoms with van der Waals surface area (Å²) in [5, 5.41) is 0. The standard InChI is InChI=1S/C18H19NO2/c1-13-8-7-11-19-17(13)12-16(14(2)18(20)21-3)15-9-5-4-6-10-15/h4-11,16H,2,12H2,1,3H3. The van der Waals surface area contributed by atoms with Gasteiger partial charge in [-0.15, -0.1) is 0 Å². The van der Waals surface area contributed by atoms with E-state index in [0.717, 1.165) is 16.8 Å². The Balaban J connectivity index is 2.35. The zero-order chi connectivity index (χ0) is 15.2. The fourth-order valence-electron chi connectivity index (χ4n) is 2.33. The van der Waals surface area contributed by atoms with Crippen LogP contribution in [0.4, 0.5) is 0 Å². The molecule has 2 rings (SSSR count). The molecular weight excluding hydrogens is 262 g/mol. The van der Waals surface area contributed by atoms with Crippen LogP contribution in [0.15, 0.2) is 60.8 Å². The molecule has 3 nitrogen and oxygen atoms in total. The minimum absolute atomic E-state index is 0.132. The molecule has 1 aromatic heterocycles. The number of methoxy groups -OCH3 is 1. The summed E-state index contributed by atoms with van der Waals surface area (Å²) in [4.78, 5) is 16.3. The Bertz CT molecular complexity index is 635. The van der Waals surface area contributed by atoms with Crippen molar-refractivity contribution in [2.45, 2.75) is 19.3 Å². The van der Waals surface area contributed by atoms with Crippen molar-refractivity contribution in [2.24, 2.45) is 0 Å². The molecule has 0 aliphatic rings. The molecule has 0 radical (unpaired) electrons. The van der Waals surface area contributed by atoms with Crippen LogP contribution in [0.25, 0.3) is 0 Å². The molecule has 0 N–H and O–H groups in total. The minimum Gasteiger partial charge on any atom is -0.466 e. The van der Waals surface area contributed by atoms with Crippen molar-refractivity contribution >= 4 is 5.97 Å². The second kappa shape index (κ2) is 6.84. The number of aromatic nitrogens is 1. The van der Waals surface area contributed by atoms with Gasteiger partial charge in [-0.05, 0) is 24.1 Å². The highest BCUT2D eigenvalue weighted by molar-refractivity contribution is 5.89. The summed E-state index contributed by atoms with van der Waals surface area (Å²) in [5.41, 5.74) is 3.57. The summed E-state index contributed by atoms with van der Waals surface area (Å²) >= 11 is 0. The predicted molar refractivity (Wildman–Crippen MR) is 83.0 cm³/mol. The first kappa shape index (κ1) is 15.0. The number of hydrogen-bond donors (Lipinski definition) is 0. The largest absolute Gasteiger partial charge is 0.466 e. The van der Waals surface area contributed by atoms with Crippen molar-refractivity contribution in [2.75, 3.05) is 7.11 Å². The van der Waals surface area contributed by atoms with E-state index in [1.54, 1.807) is 6.20 Å². The maximum atomic E-state index is 11.9. The van der Waals surface area contributed by atoms with E-state index in [2.05, 4.69) is 11.6 Å². The van der Waals surface area contributed by atoms with Crippen molar-refractivity contribution in [3.05, 3.63) is 77.6 Å². The molecule has 2 aromatic rings. The molecule has 0 amide bonds. The summed E-state index contributed by atoms with van der Waals surface area (Å²) in [6.45, 7) is 5.94. The van der Waals surface area contributed by atoms with Gasteiger partial charge in [0.1, 0.15) is 0 Å². The number of aryl methyl sites for hydroxylation is 1. The zero-order valence-electron chi connectivity index (χ0n) is 12.4. The molecule has 0 spiro atoms. The van der Waals surface area contributed by atoms with Gasteiger partial charge in [-0.25, -0.2) is 4.79 Å². The molecule has 0 aliphatic carbocycles. The number of pyridine rings is 1. The third-order valence-corrected chi connectivity index (χ3v) is 3.59. The lowest BCUT2D eigenvalue weighted by Gasteiger charge is -2.19. The fourth-order valence-corrected chi connectivity index (χ4v) is 2.33. The van der Waals surface area contributed by atoms with Gasteiger partial charge in [0, 0.05) is 29.8 Å². The molecule has 1 unspecified atom stereocenters. The van der Waals surface area contributed by atoms with Gasteiger partial charge < -0.3 is 4.74 Å². The van der Waals surface area contributed by atoms with Crippen molar-refractivity contribution in [3.63, 3.8) is 0 Å². The van der Waals surface area contributed by atoms with E-state index < -0.39 is 0 Å². The normalized spacial score (nSPS) is 11.7. The van der Waals surface area contributed by atoms with Crippen molar-refractivity contribution in [1.82, 2.24) is 4.98 Å². The highest BCUT2D eigenvalue weighted by atomic mass is 16.5. The lowest BCUT2D eigenvalue weighted by molar-refractivity contribution is -0.136. The van der Waals surface area contributed by atoms with Crippen molar-refractivity contribution in [3.8, 4) is 0 Å². The molecule has 21 heavy (non-hydrogen) atoms. The van der Waals surface area contributed by atoms with E-state index in [1.165, 1.54) is 7.11 Å². The Hall–Kier alpha value is -2.42. The Morgan fingerprint density at radius 2 is 1.95 bits per heavy atom. The second-order valence-corrected chi connectivity index (χ2v) is 4.95. The number of benzene rings is 1. The smallest absolute Gasteiger partial charge is 0.333 e. The Kier molecular flexibility index (Phi) is 4.88. The van der Waals surface area contributed by atoms with Gasteiger partial charge in [-0.3, -0.25) is 4.98 Å². The van der Waals surface area contributed by atoms with Crippen LogP contribution in [0, 0.1) is 6.92 Å². The summed E-state index contributed by atoms with van der Waals surface area (Å²) in [6.07, 6.45) is 2.40. The summed E-state index contributed by atoms with van der Waals surface area (Å²) < 4.78 is 4.82. The minimum atomic E-state index is -0.377. The van der Waals surface area contributed by atoms with E-state index in [1.807, 2.05) is 49.4 Å². The van der Waals surface area contributed by atoms with E-state index in [0.29, 0.717) is 12.0 Å². The van der Waals surface area contributed by atoms with Gasteiger partial charge >= 0.3 is 5.97 Å². The molecule has 0 bridgehead atoms. The molecule has 0 fully saturated rings. The fraction of sp³-hybridized carbons (Fsp3) is 0.222. The van der Waals surface area contributed by atoms with Crippen LogP contribution in [0.2, 0.25) is 0 Å². The van der Waals surface area contributed by atoms with Crippen molar-refractivity contribution < 1.29 is 9.53 Å². The lowest BCUT2D eigenvalue weighted by Crippen LogP contribution is -2.15. The monoisotopic (exact) mass is 281 g/mol. The Morgan fingerprint density at radius 1 is 1.24 bits per heavy atom. The van der Waals surface area contributed by atoms with Crippen LogP contribution in [0.3, 0.4) is 0 Å². The number of esters is 1. The summed E-state index contributed by atoms with van der Waals surface area (Å²) in [5.74, 6) is -0.510. The molecule has 3 heteroatoms. The van der Waals surface area contributed by atoms with Gasteiger partial charge in [-0.2, -0.15) is 0 Å². The number of rotatable bonds is 5. The van der Waals surface area contributed by atoms with Crippen LogP contribution >= 0.6 is 0 Å². The first-order valence-corrected chi connectivity index (χ1v) is 6.86. The van der Waals surface area contributed by atoms with Crippen LogP contribution in [0.1, 0.15) is 22.7 Å². The molecule has 0 saturated heterocycles. The van der Waals surface area contributed by atoms with Crippen LogP contribution in [0.5, 0.6) is 0 Å². The summed E-state index contributed by atoms with van der Waals surface area (Å²) in [6, 6.07) is 13.8. The van der Waals surface area contributed by atoms with E-state index in [4.69, 9.17) is 4.74 Å². The topological polar surface area (TPSA) is 39.2 Å². The Morgan fingerprint density at radius 3 is 2.57 bits per heavy atom. The zero-order valence-corrected chi connectivity index (χ0v) is 12.4. The maximum absolute atomic E-state index is 11.9. The SMILES string of the molecule is C=C(C(=O)OC)C(Cc1ncccc1C)c1ccccc1. The van der Waals surface area contributed by atoms with E-state index in [9.17, 15) is 4.79 Å². The molecule has 0 saturated carbocycles. The molecule has 1 atom stereocenters. The molecule has 108 valence electrons.